The van der Waals surface area contributed by atoms with Crippen LogP contribution in [0.25, 0.3) is 0 Å². The molecule has 3 aliphatic rings. The average Bonchev–Trinajstić information content (AvgIpc) is 3.62. The Morgan fingerprint density at radius 2 is 1.65 bits per heavy atom. The minimum Gasteiger partial charge on any atom is -0.497 e. The largest absolute Gasteiger partial charge is 0.497 e. The van der Waals surface area contributed by atoms with Crippen molar-refractivity contribution in [2.45, 2.75) is 75.8 Å². The van der Waals surface area contributed by atoms with Crippen LogP contribution in [0.2, 0.25) is 0 Å². The summed E-state index contributed by atoms with van der Waals surface area (Å²) in [6.07, 6.45) is 8.45. The van der Waals surface area contributed by atoms with Gasteiger partial charge in [-0.15, -0.1) is 0 Å². The van der Waals surface area contributed by atoms with Crippen LogP contribution in [-0.2, 0) is 19.6 Å². The first-order valence-corrected chi connectivity index (χ1v) is 16.5. The zero-order chi connectivity index (χ0) is 28.9. The number of carbonyl (C=O) groups excluding carboxylic acids is 1. The number of likely N-dealkylation sites (N-methyl/N-ethyl adjacent to an activating group) is 2. The van der Waals surface area contributed by atoms with Crippen molar-refractivity contribution < 1.29 is 22.7 Å². The monoisotopic (exact) mass is 578 g/mol. The number of hydrogen-bond donors (Lipinski definition) is 0. The smallest absolute Gasteiger partial charge is 0.248 e. The SMILES string of the molecule is COc1cc(C)c(S(=O)(=O)N(C)CCOCC(=O)N(C)C2CCC(CN3CC[C@@H](N4CCCC4)C3)CC2)c(C)c1. The van der Waals surface area contributed by atoms with E-state index in [0.29, 0.717) is 21.8 Å². The summed E-state index contributed by atoms with van der Waals surface area (Å²) in [7, 11) is 1.30. The number of aryl methyl sites for hydroxylation is 2. The predicted molar refractivity (Wildman–Crippen MR) is 157 cm³/mol. The molecule has 1 amide bonds. The van der Waals surface area contributed by atoms with Crippen molar-refractivity contribution in [2.75, 3.05) is 73.7 Å². The molecule has 0 unspecified atom stereocenters. The Labute approximate surface area is 241 Å². The molecule has 1 aromatic rings. The number of carbonyl (C=O) groups is 1. The standard InChI is InChI=1S/C30H50N4O5S/c1-23-18-28(38-5)19-24(2)30(23)40(36,37)31(3)16-17-39-22-29(35)32(4)26-10-8-25(9-11-26)20-33-15-12-27(21-33)34-13-6-7-14-34/h18-19,25-27H,6-17,20-22H2,1-5H3/t25?,26?,27-/m1/s1. The molecular formula is C30H50N4O5S. The molecule has 9 nitrogen and oxygen atoms in total. The van der Waals surface area contributed by atoms with Crippen molar-refractivity contribution in [3.8, 4) is 5.75 Å². The number of nitrogens with zero attached hydrogens (tertiary/aromatic N) is 4. The number of amides is 1. The summed E-state index contributed by atoms with van der Waals surface area (Å²) in [5, 5.41) is 0. The summed E-state index contributed by atoms with van der Waals surface area (Å²) in [4.78, 5) is 20.3. The van der Waals surface area contributed by atoms with E-state index >= 15 is 0 Å². The van der Waals surface area contributed by atoms with Gasteiger partial charge >= 0.3 is 0 Å². The van der Waals surface area contributed by atoms with Gasteiger partial charge in [0, 0.05) is 45.8 Å². The molecule has 2 saturated heterocycles. The van der Waals surface area contributed by atoms with Crippen LogP contribution < -0.4 is 4.74 Å². The highest BCUT2D eigenvalue weighted by atomic mass is 32.2. The number of sulfonamides is 1. The fourth-order valence-electron chi connectivity index (χ4n) is 6.83. The van der Waals surface area contributed by atoms with Crippen molar-refractivity contribution in [3.05, 3.63) is 23.3 Å². The lowest BCUT2D eigenvalue weighted by atomic mass is 9.85. The summed E-state index contributed by atoms with van der Waals surface area (Å²) in [5.74, 6) is 1.32. The van der Waals surface area contributed by atoms with Crippen LogP contribution in [0.3, 0.4) is 0 Å². The van der Waals surface area contributed by atoms with Gasteiger partial charge in [-0.2, -0.15) is 4.31 Å². The van der Waals surface area contributed by atoms with Crippen molar-refractivity contribution in [3.63, 3.8) is 0 Å². The van der Waals surface area contributed by atoms with Crippen molar-refractivity contribution in [1.29, 1.82) is 0 Å². The number of rotatable bonds is 12. The van der Waals surface area contributed by atoms with E-state index in [1.54, 1.807) is 40.1 Å². The van der Waals surface area contributed by atoms with Gasteiger partial charge in [-0.05, 0) is 108 Å². The minimum absolute atomic E-state index is 0.0312. The summed E-state index contributed by atoms with van der Waals surface area (Å²) in [6, 6.07) is 4.47. The summed E-state index contributed by atoms with van der Waals surface area (Å²) in [6.45, 7) is 10.1. The Morgan fingerprint density at radius 1 is 1.00 bits per heavy atom. The highest BCUT2D eigenvalue weighted by molar-refractivity contribution is 7.89. The molecule has 2 heterocycles. The number of benzene rings is 1. The van der Waals surface area contributed by atoms with E-state index in [9.17, 15) is 13.2 Å². The molecule has 2 aliphatic heterocycles. The number of ether oxygens (including phenoxy) is 2. The molecule has 0 aromatic heterocycles. The summed E-state index contributed by atoms with van der Waals surface area (Å²) < 4.78 is 38.5. The number of hydrogen-bond acceptors (Lipinski definition) is 7. The molecule has 226 valence electrons. The Hall–Kier alpha value is -1.72. The lowest BCUT2D eigenvalue weighted by Gasteiger charge is -2.36. The van der Waals surface area contributed by atoms with Gasteiger partial charge in [0.05, 0.1) is 18.6 Å². The molecule has 1 saturated carbocycles. The average molecular weight is 579 g/mol. The molecule has 40 heavy (non-hydrogen) atoms. The van der Waals surface area contributed by atoms with E-state index in [4.69, 9.17) is 9.47 Å². The Bertz CT molecular complexity index is 1080. The highest BCUT2D eigenvalue weighted by Crippen LogP contribution is 2.30. The second-order valence-corrected chi connectivity index (χ2v) is 14.1. The Kier molecular flexibility index (Phi) is 10.9. The van der Waals surface area contributed by atoms with Gasteiger partial charge in [0.2, 0.25) is 15.9 Å². The zero-order valence-electron chi connectivity index (χ0n) is 25.2. The maximum absolute atomic E-state index is 13.2. The zero-order valence-corrected chi connectivity index (χ0v) is 26.0. The molecule has 0 N–H and O–H groups in total. The maximum Gasteiger partial charge on any atom is 0.248 e. The summed E-state index contributed by atoms with van der Waals surface area (Å²) >= 11 is 0. The lowest BCUT2D eigenvalue weighted by Crippen LogP contribution is -2.43. The van der Waals surface area contributed by atoms with Crippen LogP contribution in [0.15, 0.2) is 17.0 Å². The van der Waals surface area contributed by atoms with Crippen LogP contribution in [0.1, 0.15) is 56.1 Å². The van der Waals surface area contributed by atoms with Crippen molar-refractivity contribution in [2.24, 2.45) is 5.92 Å². The third-order valence-corrected chi connectivity index (χ3v) is 11.5. The summed E-state index contributed by atoms with van der Waals surface area (Å²) in [5.41, 5.74) is 1.28. The van der Waals surface area contributed by atoms with Gasteiger partial charge in [-0.1, -0.05) is 0 Å². The van der Waals surface area contributed by atoms with Crippen LogP contribution >= 0.6 is 0 Å². The minimum atomic E-state index is -3.68. The number of likely N-dealkylation sites (tertiary alicyclic amines) is 2. The molecule has 3 fully saturated rings. The van der Waals surface area contributed by atoms with Crippen LogP contribution in [0, 0.1) is 19.8 Å². The van der Waals surface area contributed by atoms with Crippen LogP contribution in [-0.4, -0.2) is 119 Å². The van der Waals surface area contributed by atoms with Gasteiger partial charge in [-0.3, -0.25) is 9.69 Å². The maximum atomic E-state index is 13.2. The highest BCUT2D eigenvalue weighted by Gasteiger charge is 2.32. The van der Waals surface area contributed by atoms with E-state index in [1.165, 1.54) is 69.1 Å². The van der Waals surface area contributed by atoms with E-state index in [-0.39, 0.29) is 31.7 Å². The lowest BCUT2D eigenvalue weighted by molar-refractivity contribution is -0.137. The third kappa shape index (κ3) is 7.56. The van der Waals surface area contributed by atoms with Gasteiger partial charge < -0.3 is 19.3 Å². The van der Waals surface area contributed by atoms with Gasteiger partial charge in [0.25, 0.3) is 0 Å². The van der Waals surface area contributed by atoms with E-state index < -0.39 is 10.0 Å². The normalized spacial score (nSPS) is 24.6. The van der Waals surface area contributed by atoms with Crippen molar-refractivity contribution in [1.82, 2.24) is 19.0 Å². The topological polar surface area (TPSA) is 82.6 Å². The molecular weight excluding hydrogens is 528 g/mol. The quantitative estimate of drug-likeness (QED) is 0.353. The van der Waals surface area contributed by atoms with Gasteiger partial charge in [0.15, 0.2) is 0 Å². The second kappa shape index (κ2) is 14.0. The fraction of sp³-hybridized carbons (Fsp3) is 0.767. The molecule has 0 radical (unpaired) electrons. The first kappa shape index (κ1) is 31.2. The predicted octanol–water partition coefficient (Wildman–Crippen LogP) is 3.14. The first-order valence-electron chi connectivity index (χ1n) is 15.0. The first-order chi connectivity index (χ1) is 19.1. The van der Waals surface area contributed by atoms with Crippen LogP contribution in [0.4, 0.5) is 0 Å². The van der Waals surface area contributed by atoms with Gasteiger partial charge in [0.1, 0.15) is 12.4 Å². The molecule has 1 aliphatic carbocycles. The molecule has 0 spiro atoms. The molecule has 10 heteroatoms. The Balaban J connectivity index is 1.15. The second-order valence-electron chi connectivity index (χ2n) is 12.1. The molecule has 0 bridgehead atoms. The van der Waals surface area contributed by atoms with Gasteiger partial charge in [-0.25, -0.2) is 8.42 Å². The van der Waals surface area contributed by atoms with E-state index in [0.717, 1.165) is 24.8 Å². The fourth-order valence-corrected chi connectivity index (χ4v) is 8.39. The van der Waals surface area contributed by atoms with Crippen molar-refractivity contribution >= 4 is 15.9 Å². The van der Waals surface area contributed by atoms with E-state index in [2.05, 4.69) is 9.80 Å². The molecule has 1 atom stereocenters. The number of methoxy groups -OCH3 is 1. The Morgan fingerprint density at radius 3 is 2.27 bits per heavy atom. The van der Waals surface area contributed by atoms with Crippen LogP contribution in [0.5, 0.6) is 5.75 Å². The third-order valence-electron chi connectivity index (χ3n) is 9.29. The van der Waals surface area contributed by atoms with E-state index in [1.807, 2.05) is 11.9 Å². The molecule has 4 rings (SSSR count). The molecule has 1 aromatic carbocycles.